The van der Waals surface area contributed by atoms with Crippen LogP contribution < -0.4 is 11.5 Å². The molecule has 6 bridgehead atoms. The van der Waals surface area contributed by atoms with Crippen LogP contribution in [0.2, 0.25) is 0 Å². The van der Waals surface area contributed by atoms with E-state index in [9.17, 15) is 30.0 Å². The number of rotatable bonds is 34. The van der Waals surface area contributed by atoms with Crippen molar-refractivity contribution in [3.05, 3.63) is 115 Å². The van der Waals surface area contributed by atoms with E-state index in [0.29, 0.717) is 51.5 Å². The summed E-state index contributed by atoms with van der Waals surface area (Å²) in [6, 6.07) is 12.7. The summed E-state index contributed by atoms with van der Waals surface area (Å²) in [4.78, 5) is 53.1. The second-order valence-electron chi connectivity index (χ2n) is 34.3. The van der Waals surface area contributed by atoms with E-state index < -0.39 is 0 Å². The monoisotopic (exact) mass is 1620 g/mol. The third-order valence-corrected chi connectivity index (χ3v) is 24.3. The Morgan fingerprint density at radius 2 is 0.555 bits per heavy atom. The molecule has 0 aromatic heterocycles. The van der Waals surface area contributed by atoms with E-state index in [1.807, 2.05) is 74.5 Å². The number of hydrogen-bond donors (Lipinski definition) is 6. The van der Waals surface area contributed by atoms with E-state index in [1.54, 1.807) is 0 Å². The first-order valence-electron chi connectivity index (χ1n) is 47.3. The molecule has 0 spiro atoms. The molecule has 8 N–H and O–H groups in total. The Morgan fingerprint density at radius 3 is 0.832 bits per heavy atom. The summed E-state index contributed by atoms with van der Waals surface area (Å²) in [6.45, 7) is 11.1. The normalized spacial score (nSPS) is 19.5. The van der Waals surface area contributed by atoms with Crippen molar-refractivity contribution in [2.45, 2.75) is 417 Å². The summed E-state index contributed by atoms with van der Waals surface area (Å²) < 4.78 is 0. The van der Waals surface area contributed by atoms with Crippen molar-refractivity contribution in [3.63, 3.8) is 0 Å². The highest BCUT2D eigenvalue weighted by atomic mass is 16.3. The molecule has 8 atom stereocenters. The van der Waals surface area contributed by atoms with Gasteiger partial charge in [-0.15, -0.1) is 0 Å². The molecule has 14 heteroatoms. The smallest absolute Gasteiger partial charge is 0.153 e. The van der Waals surface area contributed by atoms with E-state index in [2.05, 4.69) is 75.1 Å². The number of hydrogen-bond acceptors (Lipinski definition) is 14. The van der Waals surface area contributed by atoms with E-state index in [0.717, 1.165) is 164 Å². The van der Waals surface area contributed by atoms with Crippen LogP contribution in [0.4, 0.5) is 0 Å². The number of nitrogens with two attached hydrogens (primary N) is 2. The van der Waals surface area contributed by atoms with Crippen LogP contribution in [0.15, 0.2) is 72.4 Å². The lowest BCUT2D eigenvalue weighted by Gasteiger charge is -2.26. The lowest BCUT2D eigenvalue weighted by Crippen LogP contribution is -2.43. The molecule has 4 aromatic carbocycles. The minimum absolute atomic E-state index is 0.103. The lowest BCUT2D eigenvalue weighted by molar-refractivity contribution is 0.111. The van der Waals surface area contributed by atoms with Gasteiger partial charge in [0.15, 0.2) is 12.6 Å². The molecule has 1 heterocycles. The quantitative estimate of drug-likeness (QED) is 0.0149. The molecule has 4 aromatic rings. The van der Waals surface area contributed by atoms with E-state index >= 15 is 0 Å². The van der Waals surface area contributed by atoms with Crippen molar-refractivity contribution < 1.29 is 30.0 Å². The Kier molecular flexibility index (Phi) is 48.7. The number of aliphatic imine (C=N–C) groups is 6. The lowest BCUT2D eigenvalue weighted by atomic mass is 9.90. The van der Waals surface area contributed by atoms with Crippen LogP contribution in [0.25, 0.3) is 0 Å². The predicted octanol–water partition coefficient (Wildman–Crippen LogP) is 24.7. The highest BCUT2D eigenvalue weighted by molar-refractivity contribution is 5.96. The summed E-state index contributed by atoms with van der Waals surface area (Å²) in [7, 11) is 0. The Morgan fingerprint density at radius 1 is 0.311 bits per heavy atom. The van der Waals surface area contributed by atoms with Gasteiger partial charge in [-0.3, -0.25) is 39.5 Å². The van der Waals surface area contributed by atoms with Gasteiger partial charge in [-0.2, -0.15) is 0 Å². The van der Waals surface area contributed by atoms with Crippen LogP contribution >= 0.6 is 0 Å². The molecule has 8 unspecified atom stereocenters. The van der Waals surface area contributed by atoms with Gasteiger partial charge in [-0.05, 0) is 132 Å². The van der Waals surface area contributed by atoms with Crippen molar-refractivity contribution in [2.75, 3.05) is 0 Å². The average Bonchev–Trinajstić information content (AvgIpc) is 0.881. The maximum atomic E-state index is 12.3. The molecule has 4 aliphatic carbocycles. The predicted molar refractivity (Wildman–Crippen MR) is 502 cm³/mol. The molecule has 0 saturated heterocycles. The molecule has 0 amide bonds. The molecule has 1 aliphatic heterocycles. The van der Waals surface area contributed by atoms with Crippen molar-refractivity contribution in [1.29, 1.82) is 0 Å². The summed E-state index contributed by atoms with van der Waals surface area (Å²) in [5, 5.41) is 46.2. The van der Waals surface area contributed by atoms with Crippen molar-refractivity contribution >= 4 is 49.9 Å². The van der Waals surface area contributed by atoms with Gasteiger partial charge in [0.2, 0.25) is 0 Å². The van der Waals surface area contributed by atoms with Gasteiger partial charge in [0, 0.05) is 131 Å². The molecular formula is C105H150N8O6. The van der Waals surface area contributed by atoms with Crippen LogP contribution in [0.1, 0.15) is 443 Å². The van der Waals surface area contributed by atoms with Crippen LogP contribution in [0.3, 0.4) is 0 Å². The second kappa shape index (κ2) is 59.3. The third-order valence-electron chi connectivity index (χ3n) is 24.3. The maximum Gasteiger partial charge on any atom is 0.153 e. The molecule has 119 heavy (non-hydrogen) atoms. The zero-order valence-corrected chi connectivity index (χ0v) is 74.0. The molecule has 646 valence electrons. The number of aldehydes is 2. The first-order valence-corrected chi connectivity index (χ1v) is 47.3. The van der Waals surface area contributed by atoms with Gasteiger partial charge < -0.3 is 31.9 Å². The first kappa shape index (κ1) is 97.7. The standard InChI is InChI=1S/C79H110N6O3.C20H26O3.C6H14N2/c1-5-8-11-14-17-20-23-26-29-32-41-62-50-65-55-80-71-44-35-36-45-72(71)81-56-66-52-63(42-33-30-27-24-21-18-15-12-9-6-2)53-68(78(66)87)58-83-75-48-39-40-49-76(75)85-60-70-61(4)64(43-34-31-28-25-22-19-16-13-10-7-3)54-69(79(70)88)59-84-74-47-38-37-46-73(74)82-57-67(51-62)77(65)86;1-2-3-4-5-6-7-8-9-10-11-12-17-13-18(15-21)20(23)19(14-17)16-22;7-5-3-1-2-4-6(5)8/h50-60,71-76,86-88H,5-31,35-40,44-49H2,1-4H3;13-16,23H,2-10H2,1H3;5-6H,1-4,7-8H2. The highest BCUT2D eigenvalue weighted by Crippen LogP contribution is 2.34. The molecular weight excluding hydrogens is 1470 g/mol. The molecule has 9 rings (SSSR count). The van der Waals surface area contributed by atoms with Gasteiger partial charge in [0.05, 0.1) is 47.4 Å². The number of aromatic hydroxyl groups is 4. The van der Waals surface area contributed by atoms with Crippen LogP contribution in [-0.4, -0.2) is 119 Å². The first-order chi connectivity index (χ1) is 58.3. The van der Waals surface area contributed by atoms with Gasteiger partial charge in [0.25, 0.3) is 0 Å². The fourth-order valence-electron chi connectivity index (χ4n) is 16.6. The molecule has 4 saturated carbocycles. The number of carbonyl (C=O) groups excluding carboxylic acids is 2. The Bertz CT molecular complexity index is 4080. The Labute approximate surface area is 719 Å². The number of unbranched alkanes of at least 4 members (excludes halogenated alkanes) is 32. The SMILES string of the molecule is CCCCCCCCCCC#Cc1cc(C=O)c(O)c(C=O)c1.CCCCCCCCCCC#Cc1cc2c(O)c(c1)C=NC1CCCCC1N=Cc1cc(C#CCCCCCCCCCC)c(C)c(c1O)C=NC1CCCCC1N=Cc1cc(C#CCCCCCCCCCC)cc(c1O)C=NC1CCCCC1N=C2.NC1CCCCC1N. The van der Waals surface area contributed by atoms with E-state index in [4.69, 9.17) is 41.4 Å². The largest absolute Gasteiger partial charge is 0.507 e. The number of phenolic OH excluding ortho intramolecular Hbond substituents is 4. The number of fused-ring (bicyclic) bond motifs is 9. The maximum absolute atomic E-state index is 12.3. The van der Waals surface area contributed by atoms with Crippen molar-refractivity contribution in [2.24, 2.45) is 41.4 Å². The zero-order valence-electron chi connectivity index (χ0n) is 74.0. The van der Waals surface area contributed by atoms with E-state index in [-0.39, 0.29) is 82.5 Å². The summed E-state index contributed by atoms with van der Waals surface area (Å²) in [5.41, 5.74) is 19.2. The Hall–Kier alpha value is -8.40. The van der Waals surface area contributed by atoms with Gasteiger partial charge in [-0.1, -0.05) is 306 Å². The van der Waals surface area contributed by atoms with Crippen LogP contribution in [0, 0.1) is 54.3 Å². The van der Waals surface area contributed by atoms with E-state index in [1.165, 1.54) is 205 Å². The average molecular weight is 1620 g/mol. The summed E-state index contributed by atoms with van der Waals surface area (Å²) >= 11 is 0. The molecule has 0 radical (unpaired) electrons. The molecule has 14 nitrogen and oxygen atoms in total. The topological polar surface area (TPSA) is 241 Å². The van der Waals surface area contributed by atoms with Gasteiger partial charge >= 0.3 is 0 Å². The van der Waals surface area contributed by atoms with Gasteiger partial charge in [-0.25, -0.2) is 0 Å². The Balaban J connectivity index is 0.000000522. The highest BCUT2D eigenvalue weighted by Gasteiger charge is 2.28. The number of carbonyl (C=O) groups is 2. The summed E-state index contributed by atoms with van der Waals surface area (Å²) in [6.07, 6.45) is 71.7. The number of benzene rings is 4. The summed E-state index contributed by atoms with van der Waals surface area (Å²) in [5.74, 6) is 27.0. The van der Waals surface area contributed by atoms with Crippen molar-refractivity contribution in [3.8, 4) is 70.4 Å². The molecule has 5 aliphatic rings. The number of nitrogens with zero attached hydrogens (tertiary/aromatic N) is 6. The zero-order chi connectivity index (χ0) is 84.7. The number of phenols is 4. The fourth-order valence-corrected chi connectivity index (χ4v) is 16.6. The second-order valence-corrected chi connectivity index (χ2v) is 34.3. The van der Waals surface area contributed by atoms with Crippen LogP contribution in [-0.2, 0) is 0 Å². The molecule has 4 fully saturated rings. The third kappa shape index (κ3) is 36.8. The minimum Gasteiger partial charge on any atom is -0.507 e. The fraction of sp³-hybridized carbons (Fsp3) is 0.619. The van der Waals surface area contributed by atoms with Crippen LogP contribution in [0.5, 0.6) is 23.0 Å². The minimum atomic E-state index is -0.274. The van der Waals surface area contributed by atoms with Gasteiger partial charge in [0.1, 0.15) is 23.0 Å². The van der Waals surface area contributed by atoms with Crippen molar-refractivity contribution in [1.82, 2.24) is 0 Å².